The highest BCUT2D eigenvalue weighted by Gasteiger charge is 2.22. The Morgan fingerprint density at radius 1 is 1.53 bits per heavy atom. The van der Waals surface area contributed by atoms with Gasteiger partial charge >= 0.3 is 5.97 Å². The molecule has 1 heterocycles. The van der Waals surface area contributed by atoms with Crippen LogP contribution in [0, 0.1) is 5.82 Å². The number of carbonyl (C=O) groups is 1. The molecule has 0 bridgehead atoms. The fourth-order valence-electron chi connectivity index (χ4n) is 1.73. The van der Waals surface area contributed by atoms with Gasteiger partial charge in [-0.3, -0.25) is 4.68 Å². The van der Waals surface area contributed by atoms with E-state index in [1.54, 1.807) is 36.3 Å². The van der Waals surface area contributed by atoms with Gasteiger partial charge in [-0.1, -0.05) is 6.07 Å². The summed E-state index contributed by atoms with van der Waals surface area (Å²) in [6.45, 7) is 0. The minimum Gasteiger partial charge on any atom is -0.467 e. The Bertz CT molecular complexity index is 583. The summed E-state index contributed by atoms with van der Waals surface area (Å²) in [5.74, 6) is -0.836. The minimum absolute atomic E-state index is 0.375. The van der Waals surface area contributed by atoms with Crippen molar-refractivity contribution in [2.45, 2.75) is 6.04 Å². The molecule has 1 unspecified atom stereocenters. The van der Waals surface area contributed by atoms with Crippen molar-refractivity contribution in [3.05, 3.63) is 48.0 Å². The van der Waals surface area contributed by atoms with Crippen molar-refractivity contribution in [2.75, 3.05) is 12.4 Å². The monoisotopic (exact) mass is 263 g/mol. The summed E-state index contributed by atoms with van der Waals surface area (Å²) in [6, 6.07) is 5.17. The van der Waals surface area contributed by atoms with E-state index < -0.39 is 12.0 Å². The number of benzene rings is 1. The van der Waals surface area contributed by atoms with E-state index >= 15 is 0 Å². The molecule has 0 spiro atoms. The molecule has 0 radical (unpaired) electrons. The second-order valence-corrected chi connectivity index (χ2v) is 4.06. The molecule has 2 aromatic rings. The molecule has 100 valence electrons. The van der Waals surface area contributed by atoms with Crippen LogP contribution in [0.4, 0.5) is 10.1 Å². The number of carbonyl (C=O) groups excluding carboxylic acids is 1. The zero-order valence-electron chi connectivity index (χ0n) is 10.6. The lowest BCUT2D eigenvalue weighted by Gasteiger charge is -2.16. The van der Waals surface area contributed by atoms with E-state index in [0.717, 1.165) is 0 Å². The Balaban J connectivity index is 2.26. The van der Waals surface area contributed by atoms with Crippen LogP contribution in [-0.2, 0) is 16.6 Å². The number of hydrogen-bond donors (Lipinski definition) is 1. The molecule has 0 aliphatic carbocycles. The molecule has 1 N–H and O–H groups in total. The van der Waals surface area contributed by atoms with Gasteiger partial charge in [-0.15, -0.1) is 0 Å². The number of aryl methyl sites for hydroxylation is 1. The van der Waals surface area contributed by atoms with Gasteiger partial charge in [-0.2, -0.15) is 5.10 Å². The molecule has 0 amide bonds. The maximum absolute atomic E-state index is 13.1. The average Bonchev–Trinajstić information content (AvgIpc) is 2.81. The summed E-state index contributed by atoms with van der Waals surface area (Å²) in [5, 5.41) is 6.94. The third-order valence-electron chi connectivity index (χ3n) is 2.63. The Kier molecular flexibility index (Phi) is 3.79. The molecule has 5 nitrogen and oxygen atoms in total. The van der Waals surface area contributed by atoms with Gasteiger partial charge in [-0.25, -0.2) is 9.18 Å². The molecular formula is C13H14FN3O2. The summed E-state index contributed by atoms with van der Waals surface area (Å²) >= 11 is 0. The van der Waals surface area contributed by atoms with Gasteiger partial charge in [0.05, 0.1) is 13.3 Å². The first-order chi connectivity index (χ1) is 9.10. The standard InChI is InChI=1S/C13H14FN3O2/c1-17-8-9(7-15-17)12(13(18)19-2)16-11-5-3-4-10(14)6-11/h3-8,12,16H,1-2H3. The fourth-order valence-corrected chi connectivity index (χ4v) is 1.73. The second kappa shape index (κ2) is 5.51. The number of methoxy groups -OCH3 is 1. The molecule has 0 saturated heterocycles. The van der Waals surface area contributed by atoms with Crippen molar-refractivity contribution in [1.82, 2.24) is 9.78 Å². The number of hydrogen-bond acceptors (Lipinski definition) is 4. The summed E-state index contributed by atoms with van der Waals surface area (Å²) in [6.07, 6.45) is 3.27. The number of aromatic nitrogens is 2. The number of anilines is 1. The quantitative estimate of drug-likeness (QED) is 0.856. The molecule has 6 heteroatoms. The van der Waals surface area contributed by atoms with Crippen molar-refractivity contribution >= 4 is 11.7 Å². The van der Waals surface area contributed by atoms with Crippen molar-refractivity contribution in [3.8, 4) is 0 Å². The molecule has 1 aromatic carbocycles. The number of esters is 1. The largest absolute Gasteiger partial charge is 0.467 e. The molecule has 1 aromatic heterocycles. The zero-order valence-corrected chi connectivity index (χ0v) is 10.6. The molecular weight excluding hydrogens is 249 g/mol. The van der Waals surface area contributed by atoms with Gasteiger partial charge in [0.2, 0.25) is 0 Å². The predicted octanol–water partition coefficient (Wildman–Crippen LogP) is 1.89. The van der Waals surface area contributed by atoms with Gasteiger partial charge in [0.15, 0.2) is 6.04 Å². The molecule has 2 rings (SSSR count). The SMILES string of the molecule is COC(=O)C(Nc1cccc(F)c1)c1cnn(C)c1. The van der Waals surface area contributed by atoms with E-state index in [4.69, 9.17) is 4.74 Å². The molecule has 0 aliphatic rings. The van der Waals surface area contributed by atoms with Crippen LogP contribution in [-0.4, -0.2) is 22.9 Å². The topological polar surface area (TPSA) is 56.1 Å². The zero-order chi connectivity index (χ0) is 13.8. The normalized spacial score (nSPS) is 11.9. The van der Waals surface area contributed by atoms with Crippen LogP contribution >= 0.6 is 0 Å². The van der Waals surface area contributed by atoms with E-state index in [1.165, 1.54) is 19.2 Å². The lowest BCUT2D eigenvalue weighted by atomic mass is 10.1. The van der Waals surface area contributed by atoms with E-state index in [0.29, 0.717) is 11.3 Å². The van der Waals surface area contributed by atoms with Gasteiger partial charge in [0, 0.05) is 24.5 Å². The van der Waals surface area contributed by atoms with Crippen molar-refractivity contribution in [1.29, 1.82) is 0 Å². The second-order valence-electron chi connectivity index (χ2n) is 4.06. The number of ether oxygens (including phenoxy) is 1. The minimum atomic E-state index is -0.722. The first-order valence-electron chi connectivity index (χ1n) is 5.68. The molecule has 1 atom stereocenters. The van der Waals surface area contributed by atoms with Crippen LogP contribution < -0.4 is 5.32 Å². The highest BCUT2D eigenvalue weighted by Crippen LogP contribution is 2.21. The van der Waals surface area contributed by atoms with Gasteiger partial charge in [0.25, 0.3) is 0 Å². The molecule has 19 heavy (non-hydrogen) atoms. The highest BCUT2D eigenvalue weighted by atomic mass is 19.1. The summed E-state index contributed by atoms with van der Waals surface area (Å²) in [4.78, 5) is 11.8. The smallest absolute Gasteiger partial charge is 0.333 e. The van der Waals surface area contributed by atoms with Gasteiger partial charge in [0.1, 0.15) is 5.82 Å². The highest BCUT2D eigenvalue weighted by molar-refractivity contribution is 5.80. The van der Waals surface area contributed by atoms with E-state index in [9.17, 15) is 9.18 Å². The Labute approximate surface area is 110 Å². The molecule has 0 saturated carbocycles. The Morgan fingerprint density at radius 2 is 2.32 bits per heavy atom. The van der Waals surface area contributed by atoms with E-state index in [2.05, 4.69) is 10.4 Å². The first-order valence-corrected chi connectivity index (χ1v) is 5.68. The maximum Gasteiger partial charge on any atom is 0.333 e. The predicted molar refractivity (Wildman–Crippen MR) is 68.0 cm³/mol. The van der Waals surface area contributed by atoms with Crippen molar-refractivity contribution in [3.63, 3.8) is 0 Å². The summed E-state index contributed by atoms with van der Waals surface area (Å²) in [7, 11) is 3.05. The fraction of sp³-hybridized carbons (Fsp3) is 0.231. The van der Waals surface area contributed by atoms with Crippen LogP contribution in [0.5, 0.6) is 0 Å². The summed E-state index contributed by atoms with van der Waals surface area (Å²) < 4.78 is 19.5. The number of nitrogens with one attached hydrogen (secondary N) is 1. The molecule has 0 fully saturated rings. The lowest BCUT2D eigenvalue weighted by Crippen LogP contribution is -2.22. The average molecular weight is 263 g/mol. The van der Waals surface area contributed by atoms with Crippen LogP contribution in [0.3, 0.4) is 0 Å². The summed E-state index contributed by atoms with van der Waals surface area (Å²) in [5.41, 5.74) is 1.15. The third kappa shape index (κ3) is 3.09. The Hall–Kier alpha value is -2.37. The Morgan fingerprint density at radius 3 is 2.89 bits per heavy atom. The van der Waals surface area contributed by atoms with Crippen molar-refractivity contribution < 1.29 is 13.9 Å². The van der Waals surface area contributed by atoms with Crippen LogP contribution in [0.2, 0.25) is 0 Å². The van der Waals surface area contributed by atoms with Crippen LogP contribution in [0.15, 0.2) is 36.7 Å². The number of nitrogens with zero attached hydrogens (tertiary/aromatic N) is 2. The first kappa shape index (κ1) is 13.1. The van der Waals surface area contributed by atoms with Gasteiger partial charge < -0.3 is 10.1 Å². The third-order valence-corrected chi connectivity index (χ3v) is 2.63. The van der Waals surface area contributed by atoms with Crippen LogP contribution in [0.1, 0.15) is 11.6 Å². The molecule has 0 aliphatic heterocycles. The number of halogens is 1. The van der Waals surface area contributed by atoms with E-state index in [-0.39, 0.29) is 5.82 Å². The number of rotatable bonds is 4. The maximum atomic E-state index is 13.1. The van der Waals surface area contributed by atoms with E-state index in [1.807, 2.05) is 0 Å². The van der Waals surface area contributed by atoms with Crippen LogP contribution in [0.25, 0.3) is 0 Å². The van der Waals surface area contributed by atoms with Gasteiger partial charge in [-0.05, 0) is 18.2 Å². The van der Waals surface area contributed by atoms with Crippen molar-refractivity contribution in [2.24, 2.45) is 7.05 Å². The lowest BCUT2D eigenvalue weighted by molar-refractivity contribution is -0.141.